The van der Waals surface area contributed by atoms with Gasteiger partial charge in [-0.3, -0.25) is 15.0 Å². The summed E-state index contributed by atoms with van der Waals surface area (Å²) in [5, 5.41) is 15.1. The molecule has 0 amide bonds. The second-order valence-corrected chi connectivity index (χ2v) is 6.00. The van der Waals surface area contributed by atoms with Gasteiger partial charge in [0.2, 0.25) is 0 Å². The Hall–Kier alpha value is -1.37. The first-order valence-corrected chi connectivity index (χ1v) is 7.66. The summed E-state index contributed by atoms with van der Waals surface area (Å²) in [4.78, 5) is 15.4. The second kappa shape index (κ2) is 6.17. The summed E-state index contributed by atoms with van der Waals surface area (Å²) < 4.78 is 0. The first-order chi connectivity index (χ1) is 10.1. The van der Waals surface area contributed by atoms with Crippen LogP contribution in [0.2, 0.25) is 5.02 Å². The number of benzene rings is 1. The van der Waals surface area contributed by atoms with Crippen molar-refractivity contribution in [3.05, 3.63) is 33.3 Å². The van der Waals surface area contributed by atoms with Crippen molar-refractivity contribution in [2.45, 2.75) is 12.5 Å². The smallest absolute Gasteiger partial charge is 0.292 e. The quantitative estimate of drug-likeness (QED) is 0.680. The van der Waals surface area contributed by atoms with Crippen molar-refractivity contribution in [2.75, 3.05) is 44.2 Å². The van der Waals surface area contributed by atoms with Crippen LogP contribution in [0.15, 0.2) is 18.2 Å². The highest BCUT2D eigenvalue weighted by atomic mass is 35.5. The van der Waals surface area contributed by atoms with Gasteiger partial charge < -0.3 is 10.2 Å². The van der Waals surface area contributed by atoms with E-state index in [0.717, 1.165) is 39.3 Å². The predicted octanol–water partition coefficient (Wildman–Crippen LogP) is 1.73. The number of nitrogens with one attached hydrogen (secondary N) is 1. The Bertz CT molecular complexity index is 526. The summed E-state index contributed by atoms with van der Waals surface area (Å²) >= 11 is 6.01. The molecule has 1 aromatic carbocycles. The minimum absolute atomic E-state index is 0.135. The molecule has 0 spiro atoms. The van der Waals surface area contributed by atoms with Crippen LogP contribution in [0, 0.1) is 10.1 Å². The molecule has 1 unspecified atom stereocenters. The fourth-order valence-electron chi connectivity index (χ4n) is 3.18. The molecule has 2 fully saturated rings. The summed E-state index contributed by atoms with van der Waals surface area (Å²) in [7, 11) is 0. The van der Waals surface area contributed by atoms with Crippen LogP contribution in [-0.4, -0.2) is 55.1 Å². The molecule has 3 rings (SSSR count). The maximum absolute atomic E-state index is 11.2. The van der Waals surface area contributed by atoms with E-state index in [1.54, 1.807) is 12.1 Å². The summed E-state index contributed by atoms with van der Waals surface area (Å²) in [6.07, 6.45) is 1.19. The third kappa shape index (κ3) is 3.12. The molecule has 2 saturated heterocycles. The molecular weight excluding hydrogens is 292 g/mol. The first kappa shape index (κ1) is 14.6. The average molecular weight is 311 g/mol. The van der Waals surface area contributed by atoms with E-state index < -0.39 is 0 Å². The Balaban J connectivity index is 1.71. The van der Waals surface area contributed by atoms with Crippen LogP contribution < -0.4 is 10.2 Å². The zero-order valence-corrected chi connectivity index (χ0v) is 12.6. The molecule has 1 aromatic rings. The maximum Gasteiger partial charge on any atom is 0.292 e. The fraction of sp³-hybridized carbons (Fsp3) is 0.571. The van der Waals surface area contributed by atoms with Crippen molar-refractivity contribution in [1.82, 2.24) is 10.2 Å². The van der Waals surface area contributed by atoms with Crippen LogP contribution in [0.5, 0.6) is 0 Å². The largest absolute Gasteiger partial charge is 0.363 e. The fourth-order valence-corrected chi connectivity index (χ4v) is 3.35. The zero-order valence-electron chi connectivity index (χ0n) is 11.8. The third-order valence-electron chi connectivity index (χ3n) is 4.34. The van der Waals surface area contributed by atoms with E-state index >= 15 is 0 Å². The summed E-state index contributed by atoms with van der Waals surface area (Å²) in [5.41, 5.74) is 0.770. The van der Waals surface area contributed by atoms with E-state index in [9.17, 15) is 10.1 Å². The number of piperazine rings is 1. The van der Waals surface area contributed by atoms with Gasteiger partial charge >= 0.3 is 0 Å². The lowest BCUT2D eigenvalue weighted by Crippen LogP contribution is -2.51. The van der Waals surface area contributed by atoms with Gasteiger partial charge in [-0.05, 0) is 25.1 Å². The Kier molecular flexibility index (Phi) is 4.28. The number of nitrogens with zero attached hydrogens (tertiary/aromatic N) is 3. The molecule has 0 aliphatic carbocycles. The highest BCUT2D eigenvalue weighted by Gasteiger charge is 2.28. The molecule has 7 heteroatoms. The molecule has 2 heterocycles. The number of rotatable bonds is 3. The third-order valence-corrected chi connectivity index (χ3v) is 4.57. The average Bonchev–Trinajstić information content (AvgIpc) is 3.01. The van der Waals surface area contributed by atoms with Crippen molar-refractivity contribution in [1.29, 1.82) is 0 Å². The van der Waals surface area contributed by atoms with Crippen molar-refractivity contribution in [2.24, 2.45) is 0 Å². The normalized spacial score (nSPS) is 23.5. The van der Waals surface area contributed by atoms with Crippen LogP contribution in [0.4, 0.5) is 11.4 Å². The summed E-state index contributed by atoms with van der Waals surface area (Å²) in [6, 6.07) is 5.38. The molecule has 0 saturated carbocycles. The summed E-state index contributed by atoms with van der Waals surface area (Å²) in [6.45, 7) is 5.63. The van der Waals surface area contributed by atoms with Crippen molar-refractivity contribution in [3.63, 3.8) is 0 Å². The number of nitro benzene ring substituents is 1. The summed E-state index contributed by atoms with van der Waals surface area (Å²) in [5.74, 6) is 0. The van der Waals surface area contributed by atoms with Crippen LogP contribution in [0.1, 0.15) is 6.42 Å². The number of anilines is 1. The lowest BCUT2D eigenvalue weighted by Gasteiger charge is -2.38. The first-order valence-electron chi connectivity index (χ1n) is 7.29. The van der Waals surface area contributed by atoms with Crippen molar-refractivity contribution < 1.29 is 4.92 Å². The molecule has 114 valence electrons. The van der Waals surface area contributed by atoms with Gasteiger partial charge in [0.1, 0.15) is 5.69 Å². The van der Waals surface area contributed by atoms with E-state index in [0.29, 0.717) is 16.8 Å². The molecule has 2 aliphatic heterocycles. The van der Waals surface area contributed by atoms with Crippen molar-refractivity contribution in [3.8, 4) is 0 Å². The SMILES string of the molecule is O=[N+]([O-])c1ccc(Cl)cc1N1CCN(C2CCNC2)CC1. The zero-order chi connectivity index (χ0) is 14.8. The highest BCUT2D eigenvalue weighted by molar-refractivity contribution is 6.31. The molecule has 0 bridgehead atoms. The van der Waals surface area contributed by atoms with Crippen LogP contribution in [0.3, 0.4) is 0 Å². The van der Waals surface area contributed by atoms with E-state index in [-0.39, 0.29) is 10.6 Å². The van der Waals surface area contributed by atoms with Gasteiger partial charge in [0.05, 0.1) is 4.92 Å². The van der Waals surface area contributed by atoms with Crippen molar-refractivity contribution >= 4 is 23.0 Å². The van der Waals surface area contributed by atoms with E-state index in [1.807, 2.05) is 0 Å². The minimum atomic E-state index is -0.334. The number of halogens is 1. The second-order valence-electron chi connectivity index (χ2n) is 5.56. The van der Waals surface area contributed by atoms with E-state index in [2.05, 4.69) is 15.1 Å². The standard InChI is InChI=1S/C14H19ClN4O2/c15-11-1-2-13(19(20)21)14(9-11)18-7-5-17(6-8-18)12-3-4-16-10-12/h1-2,9,12,16H,3-8,10H2. The van der Waals surface area contributed by atoms with E-state index in [1.165, 1.54) is 12.5 Å². The van der Waals surface area contributed by atoms with E-state index in [4.69, 9.17) is 11.6 Å². The number of nitro groups is 1. The molecule has 21 heavy (non-hydrogen) atoms. The van der Waals surface area contributed by atoms with Crippen LogP contribution in [-0.2, 0) is 0 Å². The lowest BCUT2D eigenvalue weighted by molar-refractivity contribution is -0.384. The predicted molar refractivity (Wildman–Crippen MR) is 83.2 cm³/mol. The Morgan fingerprint density at radius 1 is 1.29 bits per heavy atom. The molecule has 0 radical (unpaired) electrons. The lowest BCUT2D eigenvalue weighted by atomic mass is 10.1. The highest BCUT2D eigenvalue weighted by Crippen LogP contribution is 2.32. The van der Waals surface area contributed by atoms with Gasteiger partial charge in [-0.15, -0.1) is 0 Å². The molecular formula is C14H19ClN4O2. The van der Waals surface area contributed by atoms with Crippen LogP contribution in [0.25, 0.3) is 0 Å². The molecule has 1 atom stereocenters. The van der Waals surface area contributed by atoms with Gasteiger partial charge in [-0.25, -0.2) is 0 Å². The Morgan fingerprint density at radius 3 is 2.67 bits per heavy atom. The number of hydrogen-bond acceptors (Lipinski definition) is 5. The van der Waals surface area contributed by atoms with Gasteiger partial charge in [-0.2, -0.15) is 0 Å². The Morgan fingerprint density at radius 2 is 2.05 bits per heavy atom. The van der Waals surface area contributed by atoms with Crippen LogP contribution >= 0.6 is 11.6 Å². The van der Waals surface area contributed by atoms with Gasteiger partial charge in [0.15, 0.2) is 0 Å². The topological polar surface area (TPSA) is 61.7 Å². The monoisotopic (exact) mass is 310 g/mol. The molecule has 0 aromatic heterocycles. The number of hydrogen-bond donors (Lipinski definition) is 1. The minimum Gasteiger partial charge on any atom is -0.363 e. The molecule has 1 N–H and O–H groups in total. The Labute approximate surface area is 128 Å². The van der Waals surface area contributed by atoms with Gasteiger partial charge in [0.25, 0.3) is 5.69 Å². The molecule has 6 nitrogen and oxygen atoms in total. The van der Waals surface area contributed by atoms with Gasteiger partial charge in [0, 0.05) is 49.9 Å². The molecule has 2 aliphatic rings. The maximum atomic E-state index is 11.2. The van der Waals surface area contributed by atoms with Gasteiger partial charge in [-0.1, -0.05) is 11.6 Å².